The second-order valence-corrected chi connectivity index (χ2v) is 11.2. The summed E-state index contributed by atoms with van der Waals surface area (Å²) in [6, 6.07) is 2.65. The maximum atomic E-state index is 14.8. The normalized spacial score (nSPS) is 26.2. The zero-order valence-electron chi connectivity index (χ0n) is 21.0. The van der Waals surface area contributed by atoms with Crippen LogP contribution in [0.3, 0.4) is 0 Å². The van der Waals surface area contributed by atoms with Gasteiger partial charge in [0.25, 0.3) is 11.9 Å². The smallest absolute Gasteiger partial charge is 0.298 e. The number of aromatic nitrogens is 1. The molecule has 4 fully saturated rings. The second kappa shape index (κ2) is 9.01. The predicted octanol–water partition coefficient (Wildman–Crippen LogP) is 5.21. The summed E-state index contributed by atoms with van der Waals surface area (Å²) >= 11 is 0. The number of rotatable bonds is 9. The molecule has 4 aliphatic rings. The number of ether oxygens (including phenoxy) is 1. The minimum absolute atomic E-state index is 0.0241. The number of hydrogen-bond acceptors (Lipinski definition) is 6. The molecule has 0 radical (unpaired) electrons. The highest BCUT2D eigenvalue weighted by atomic mass is 19.1. The van der Waals surface area contributed by atoms with E-state index in [2.05, 4.69) is 33.9 Å². The van der Waals surface area contributed by atoms with Crippen molar-refractivity contribution in [2.45, 2.75) is 65.0 Å². The van der Waals surface area contributed by atoms with Crippen LogP contribution in [0.1, 0.15) is 68.6 Å². The summed E-state index contributed by atoms with van der Waals surface area (Å²) in [5, 5.41) is 2.62. The summed E-state index contributed by atoms with van der Waals surface area (Å²) in [5.41, 5.74) is 0.441. The van der Waals surface area contributed by atoms with Gasteiger partial charge in [-0.05, 0) is 63.5 Å². The molecule has 1 N–H and O–H groups in total. The highest BCUT2D eigenvalue weighted by Crippen LogP contribution is 2.52. The largest absolute Gasteiger partial charge is 0.484 e. The van der Waals surface area contributed by atoms with Crippen LogP contribution in [-0.2, 0) is 6.54 Å². The first kappa shape index (κ1) is 23.7. The molecule has 9 heteroatoms. The molecule has 2 aliphatic heterocycles. The Bertz CT molecular complexity index is 1120. The molecule has 2 aromatic rings. The number of anilines is 2. The van der Waals surface area contributed by atoms with Gasteiger partial charge >= 0.3 is 0 Å². The average molecular weight is 501 g/mol. The molecule has 2 unspecified atom stereocenters. The van der Waals surface area contributed by atoms with E-state index in [-0.39, 0.29) is 28.6 Å². The Morgan fingerprint density at radius 1 is 1.14 bits per heavy atom. The molecule has 2 saturated heterocycles. The van der Waals surface area contributed by atoms with E-state index in [9.17, 15) is 13.6 Å². The fraction of sp³-hybridized carbons (Fsp3) is 0.630. The van der Waals surface area contributed by atoms with Crippen molar-refractivity contribution in [1.82, 2.24) is 9.88 Å². The van der Waals surface area contributed by atoms with Crippen molar-refractivity contribution in [3.8, 4) is 5.75 Å². The number of benzene rings is 1. The first-order valence-corrected chi connectivity index (χ1v) is 13.3. The maximum Gasteiger partial charge on any atom is 0.298 e. The summed E-state index contributed by atoms with van der Waals surface area (Å²) in [7, 11) is 0. The molecule has 1 amide bonds. The molecular formula is C27H34F2N4O3. The lowest BCUT2D eigenvalue weighted by molar-refractivity contribution is 0.101. The van der Waals surface area contributed by atoms with E-state index in [0.29, 0.717) is 30.2 Å². The lowest BCUT2D eigenvalue weighted by Crippen LogP contribution is -2.56. The molecule has 1 aromatic heterocycles. The van der Waals surface area contributed by atoms with E-state index < -0.39 is 17.5 Å². The Balaban J connectivity index is 1.18. The lowest BCUT2D eigenvalue weighted by Gasteiger charge is -2.49. The predicted molar refractivity (Wildman–Crippen MR) is 131 cm³/mol. The van der Waals surface area contributed by atoms with E-state index in [4.69, 9.17) is 9.15 Å². The average Bonchev–Trinajstić information content (AvgIpc) is 3.20. The molecule has 0 spiro atoms. The van der Waals surface area contributed by atoms with Crippen LogP contribution in [0.15, 0.2) is 16.5 Å². The van der Waals surface area contributed by atoms with Crippen molar-refractivity contribution in [2.75, 3.05) is 36.4 Å². The summed E-state index contributed by atoms with van der Waals surface area (Å²) < 4.78 is 41.2. The molecule has 1 aromatic carbocycles. The Kier molecular flexibility index (Phi) is 5.93. The first-order valence-electron chi connectivity index (χ1n) is 13.3. The number of fused-ring (bicyclic) bond motifs is 1. The fourth-order valence-corrected chi connectivity index (χ4v) is 5.96. The van der Waals surface area contributed by atoms with Gasteiger partial charge in [0.15, 0.2) is 28.8 Å². The second-order valence-electron chi connectivity index (χ2n) is 11.2. The van der Waals surface area contributed by atoms with Crippen LogP contribution in [0.4, 0.5) is 20.5 Å². The van der Waals surface area contributed by atoms with Gasteiger partial charge in [-0.1, -0.05) is 13.8 Å². The summed E-state index contributed by atoms with van der Waals surface area (Å²) in [6.45, 7) is 8.42. The first-order chi connectivity index (χ1) is 17.4. The molecule has 2 saturated carbocycles. The number of hydrogen-bond donors (Lipinski definition) is 1. The number of carbonyl (C=O) groups is 1. The molecule has 7 nitrogen and oxygen atoms in total. The summed E-state index contributed by atoms with van der Waals surface area (Å²) in [4.78, 5) is 21.9. The number of halogens is 2. The molecule has 6 rings (SSSR count). The van der Waals surface area contributed by atoms with Gasteiger partial charge in [-0.2, -0.15) is 4.98 Å². The van der Waals surface area contributed by atoms with E-state index in [0.717, 1.165) is 70.4 Å². The summed E-state index contributed by atoms with van der Waals surface area (Å²) in [5.74, 6) is -0.764. The molecule has 2 aliphatic carbocycles. The minimum Gasteiger partial charge on any atom is -0.484 e. The van der Waals surface area contributed by atoms with Gasteiger partial charge in [-0.25, -0.2) is 8.78 Å². The Morgan fingerprint density at radius 2 is 1.81 bits per heavy atom. The number of nitrogens with zero attached hydrogens (tertiary/aromatic N) is 3. The van der Waals surface area contributed by atoms with Gasteiger partial charge in [0.05, 0.1) is 12.6 Å². The third-order valence-corrected chi connectivity index (χ3v) is 8.78. The molecule has 2 atom stereocenters. The van der Waals surface area contributed by atoms with Gasteiger partial charge in [-0.3, -0.25) is 9.69 Å². The lowest BCUT2D eigenvalue weighted by atomic mass is 9.75. The van der Waals surface area contributed by atoms with Crippen molar-refractivity contribution in [1.29, 1.82) is 0 Å². The highest BCUT2D eigenvalue weighted by molar-refractivity contribution is 6.03. The zero-order chi connectivity index (χ0) is 25.0. The van der Waals surface area contributed by atoms with E-state index in [1.54, 1.807) is 0 Å². The van der Waals surface area contributed by atoms with E-state index in [1.807, 2.05) is 0 Å². The van der Waals surface area contributed by atoms with Gasteiger partial charge in [0, 0.05) is 36.3 Å². The van der Waals surface area contributed by atoms with Gasteiger partial charge < -0.3 is 19.4 Å². The van der Waals surface area contributed by atoms with E-state index >= 15 is 0 Å². The standard InChI is InChI=1S/C27H34F2N4O3/c1-3-27(4-2)14-33(15-27)26-31-23(22(36-26)13-32-6-5-7-32)25(34)30-18-11-20(28)24(21(29)12-18)35-19-9-16-8-17(16)10-19/h11-12,16-17,19H,3-10,13-15H2,1-2H3,(H,30,34). The number of oxazole rings is 1. The number of likely N-dealkylation sites (tertiary alicyclic amines) is 1. The van der Waals surface area contributed by atoms with Crippen molar-refractivity contribution in [3.63, 3.8) is 0 Å². The van der Waals surface area contributed by atoms with Crippen molar-refractivity contribution < 1.29 is 22.7 Å². The topological polar surface area (TPSA) is 70.8 Å². The Hall–Kier alpha value is -2.68. The number of nitrogens with one attached hydrogen (secondary N) is 1. The van der Waals surface area contributed by atoms with E-state index in [1.165, 1.54) is 6.42 Å². The Labute approximate surface area is 210 Å². The number of carbonyl (C=O) groups excluding carboxylic acids is 1. The summed E-state index contributed by atoms with van der Waals surface area (Å²) in [6.07, 6.45) is 6.03. The van der Waals surface area contributed by atoms with Gasteiger partial charge in [0.2, 0.25) is 0 Å². The third-order valence-electron chi connectivity index (χ3n) is 8.78. The minimum atomic E-state index is -0.816. The van der Waals surface area contributed by atoms with Gasteiger partial charge in [-0.15, -0.1) is 0 Å². The highest BCUT2D eigenvalue weighted by Gasteiger charge is 2.47. The van der Waals surface area contributed by atoms with Crippen LogP contribution >= 0.6 is 0 Å². The SMILES string of the molecule is CCC1(CC)CN(c2nc(C(=O)Nc3cc(F)c(OC4CC5CC5C4)c(F)c3)c(CN3CCC3)o2)C1. The van der Waals surface area contributed by atoms with Crippen LogP contribution in [0, 0.1) is 28.9 Å². The van der Waals surface area contributed by atoms with Gasteiger partial charge in [0.1, 0.15) is 0 Å². The van der Waals surface area contributed by atoms with Crippen LogP contribution in [0.2, 0.25) is 0 Å². The van der Waals surface area contributed by atoms with Crippen molar-refractivity contribution >= 4 is 17.6 Å². The van der Waals surface area contributed by atoms with Crippen LogP contribution < -0.4 is 15.0 Å². The van der Waals surface area contributed by atoms with Crippen LogP contribution in [0.5, 0.6) is 5.75 Å². The molecular weight excluding hydrogens is 466 g/mol. The molecule has 0 bridgehead atoms. The molecule has 3 heterocycles. The Morgan fingerprint density at radius 3 is 2.39 bits per heavy atom. The van der Waals surface area contributed by atoms with Crippen molar-refractivity contribution in [2.24, 2.45) is 17.3 Å². The van der Waals surface area contributed by atoms with Crippen molar-refractivity contribution in [3.05, 3.63) is 35.2 Å². The number of amides is 1. The molecule has 36 heavy (non-hydrogen) atoms. The quantitative estimate of drug-likeness (QED) is 0.510. The monoisotopic (exact) mass is 500 g/mol. The molecule has 194 valence electrons. The fourth-order valence-electron chi connectivity index (χ4n) is 5.96. The zero-order valence-corrected chi connectivity index (χ0v) is 21.0. The maximum absolute atomic E-state index is 14.8. The third kappa shape index (κ3) is 4.35. The van der Waals surface area contributed by atoms with Crippen LogP contribution in [-0.4, -0.2) is 48.1 Å². The van der Waals surface area contributed by atoms with Crippen LogP contribution in [0.25, 0.3) is 0 Å².